The third-order valence-corrected chi connectivity index (χ3v) is 3.78. The highest BCUT2D eigenvalue weighted by Crippen LogP contribution is 2.56. The monoisotopic (exact) mass is 283 g/mol. The zero-order chi connectivity index (χ0) is 15.2. The summed E-state index contributed by atoms with van der Waals surface area (Å²) in [7, 11) is 2.20. The van der Waals surface area contributed by atoms with Crippen molar-refractivity contribution in [2.75, 3.05) is 14.2 Å². The van der Waals surface area contributed by atoms with Gasteiger partial charge in [0.2, 0.25) is 0 Å². The number of hydrogen-bond donors (Lipinski definition) is 0. The highest BCUT2D eigenvalue weighted by molar-refractivity contribution is 5.87. The number of esters is 2. The molecule has 2 fully saturated rings. The van der Waals surface area contributed by atoms with Gasteiger partial charge in [-0.2, -0.15) is 0 Å². The average Bonchev–Trinajstić information content (AvgIpc) is 2.91. The fourth-order valence-electron chi connectivity index (χ4n) is 2.80. The first-order valence-electron chi connectivity index (χ1n) is 5.69. The van der Waals surface area contributed by atoms with Crippen LogP contribution in [0.3, 0.4) is 0 Å². The zero-order valence-corrected chi connectivity index (χ0v) is 11.0. The second-order valence-electron chi connectivity index (χ2n) is 4.55. The lowest BCUT2D eigenvalue weighted by atomic mass is 9.71. The number of carbonyl (C=O) groups excluding carboxylic acids is 2. The number of carbonyl (C=O) groups is 2. The van der Waals surface area contributed by atoms with Gasteiger partial charge in [-0.1, -0.05) is 13.2 Å². The second-order valence-corrected chi connectivity index (χ2v) is 4.55. The number of hydrogen-bond acceptors (Lipinski definition) is 7. The van der Waals surface area contributed by atoms with Gasteiger partial charge in [0.05, 0.1) is 24.7 Å². The molecule has 0 aromatic heterocycles. The summed E-state index contributed by atoms with van der Waals surface area (Å²) < 4.78 is 14.5. The quantitative estimate of drug-likeness (QED) is 0.409. The average molecular weight is 283 g/mol. The molecule has 2 rings (SSSR count). The van der Waals surface area contributed by atoms with Gasteiger partial charge < -0.3 is 14.2 Å². The van der Waals surface area contributed by atoms with E-state index in [0.717, 1.165) is 14.2 Å². The molecule has 0 aromatic carbocycles. The minimum atomic E-state index is -2.21. The number of fused-ring (bicyclic) bond motifs is 2. The van der Waals surface area contributed by atoms with E-state index in [1.165, 1.54) is 0 Å². The summed E-state index contributed by atoms with van der Waals surface area (Å²) in [6, 6.07) is 0. The van der Waals surface area contributed by atoms with Crippen LogP contribution in [0.25, 0.3) is 0 Å². The second kappa shape index (κ2) is 4.41. The molecule has 0 N–H and O–H groups in total. The van der Waals surface area contributed by atoms with Gasteiger partial charge in [-0.05, 0) is 5.57 Å². The number of nitro groups is 1. The molecule has 2 heterocycles. The number of rotatable bonds is 3. The number of methoxy groups -OCH3 is 2. The first-order chi connectivity index (χ1) is 9.32. The maximum absolute atomic E-state index is 11.9. The van der Waals surface area contributed by atoms with Crippen molar-refractivity contribution in [2.24, 2.45) is 11.8 Å². The summed E-state index contributed by atoms with van der Waals surface area (Å²) in [5, 5.41) is 11.4. The van der Waals surface area contributed by atoms with E-state index in [-0.39, 0.29) is 11.1 Å². The summed E-state index contributed by atoms with van der Waals surface area (Å²) in [4.78, 5) is 34.4. The van der Waals surface area contributed by atoms with Crippen LogP contribution >= 0.6 is 0 Å². The van der Waals surface area contributed by atoms with Crippen molar-refractivity contribution in [2.45, 2.75) is 11.8 Å². The summed E-state index contributed by atoms with van der Waals surface area (Å²) in [5.74, 6) is -4.33. The van der Waals surface area contributed by atoms with Crippen molar-refractivity contribution in [1.82, 2.24) is 0 Å². The molecule has 108 valence electrons. The highest BCUT2D eigenvalue weighted by Gasteiger charge is 2.77. The highest BCUT2D eigenvalue weighted by atomic mass is 16.7. The van der Waals surface area contributed by atoms with Crippen molar-refractivity contribution in [3.8, 4) is 0 Å². The van der Waals surface area contributed by atoms with Gasteiger partial charge >= 0.3 is 17.7 Å². The van der Waals surface area contributed by atoms with Crippen LogP contribution in [0.4, 0.5) is 0 Å². The van der Waals surface area contributed by atoms with E-state index >= 15 is 0 Å². The molecule has 2 saturated heterocycles. The Hall–Kier alpha value is -2.22. The van der Waals surface area contributed by atoms with E-state index in [1.807, 2.05) is 0 Å². The van der Waals surface area contributed by atoms with Gasteiger partial charge in [0, 0.05) is 0 Å². The van der Waals surface area contributed by atoms with Crippen LogP contribution in [0.2, 0.25) is 0 Å². The van der Waals surface area contributed by atoms with E-state index in [4.69, 9.17) is 4.74 Å². The first kappa shape index (κ1) is 14.2. The Kier molecular flexibility index (Phi) is 3.13. The minimum absolute atomic E-state index is 0.0250. The predicted molar refractivity (Wildman–Crippen MR) is 63.9 cm³/mol. The fourth-order valence-corrected chi connectivity index (χ4v) is 2.80. The summed E-state index contributed by atoms with van der Waals surface area (Å²) in [6.07, 6.45) is -1.01. The molecule has 0 aliphatic carbocycles. The van der Waals surface area contributed by atoms with Crippen LogP contribution in [0.5, 0.6) is 0 Å². The molecule has 0 radical (unpaired) electrons. The van der Waals surface area contributed by atoms with Crippen molar-refractivity contribution in [3.05, 3.63) is 34.4 Å². The standard InChI is InChI=1S/C12H13NO7/c1-5-6(2)12(13(16)17)8(11(15)19-4)7(9(5)20-12)10(14)18-3/h7-9H,1-2H2,3-4H3/t7-,8-,9-,12+/m1/s1. The Balaban J connectivity index is 2.61. The minimum Gasteiger partial charge on any atom is -0.469 e. The third-order valence-electron chi connectivity index (χ3n) is 3.78. The summed E-state index contributed by atoms with van der Waals surface area (Å²) in [6.45, 7) is 7.21. The lowest BCUT2D eigenvalue weighted by molar-refractivity contribution is -0.612. The molecule has 0 amide bonds. The molecule has 2 aliphatic rings. The molecule has 2 bridgehead atoms. The molecule has 20 heavy (non-hydrogen) atoms. The Morgan fingerprint density at radius 1 is 1.30 bits per heavy atom. The Labute approximate surface area is 114 Å². The fraction of sp³-hybridized carbons (Fsp3) is 0.500. The van der Waals surface area contributed by atoms with Crippen molar-refractivity contribution < 1.29 is 28.7 Å². The number of ether oxygens (including phenoxy) is 3. The van der Waals surface area contributed by atoms with Crippen molar-refractivity contribution in [1.29, 1.82) is 0 Å². The molecule has 4 atom stereocenters. The van der Waals surface area contributed by atoms with Gasteiger partial charge in [0.15, 0.2) is 5.92 Å². The van der Waals surface area contributed by atoms with Crippen LogP contribution in [-0.4, -0.2) is 42.9 Å². The third kappa shape index (κ3) is 1.45. The molecular formula is C12H13NO7. The molecule has 8 nitrogen and oxygen atoms in total. The van der Waals surface area contributed by atoms with Crippen molar-refractivity contribution >= 4 is 11.9 Å². The lowest BCUT2D eigenvalue weighted by Crippen LogP contribution is -2.52. The maximum Gasteiger partial charge on any atom is 0.366 e. The molecule has 2 aliphatic heterocycles. The molecule has 0 aromatic rings. The SMILES string of the molecule is C=C1C(=C)[C@]2([N+](=O)[O-])O[C@H]1[C@H](C(=O)OC)[C@@H]2C(=O)OC. The van der Waals surface area contributed by atoms with Crippen LogP contribution in [0.15, 0.2) is 24.3 Å². The maximum atomic E-state index is 11.9. The van der Waals surface area contributed by atoms with Gasteiger partial charge in [-0.15, -0.1) is 0 Å². The number of nitrogens with zero attached hydrogens (tertiary/aromatic N) is 1. The largest absolute Gasteiger partial charge is 0.469 e. The zero-order valence-electron chi connectivity index (χ0n) is 11.0. The van der Waals surface area contributed by atoms with Crippen LogP contribution < -0.4 is 0 Å². The molecule has 8 heteroatoms. The molecule has 0 spiro atoms. The molecule has 0 unspecified atom stereocenters. The molecular weight excluding hydrogens is 270 g/mol. The Morgan fingerprint density at radius 3 is 2.30 bits per heavy atom. The van der Waals surface area contributed by atoms with Crippen LogP contribution in [0, 0.1) is 22.0 Å². The topological polar surface area (TPSA) is 105 Å². The Bertz CT molecular complexity index is 540. The van der Waals surface area contributed by atoms with Gasteiger partial charge in [-0.25, -0.2) is 0 Å². The molecule has 0 saturated carbocycles. The smallest absolute Gasteiger partial charge is 0.366 e. The summed E-state index contributed by atoms with van der Waals surface area (Å²) >= 11 is 0. The van der Waals surface area contributed by atoms with E-state index in [9.17, 15) is 19.7 Å². The lowest BCUT2D eigenvalue weighted by Gasteiger charge is -2.28. The van der Waals surface area contributed by atoms with Crippen LogP contribution in [0.1, 0.15) is 0 Å². The predicted octanol–water partition coefficient (Wildman–Crippen LogP) is 0.0626. The van der Waals surface area contributed by atoms with E-state index in [0.29, 0.717) is 0 Å². The van der Waals surface area contributed by atoms with E-state index in [1.54, 1.807) is 0 Å². The Morgan fingerprint density at radius 2 is 1.85 bits per heavy atom. The van der Waals surface area contributed by atoms with Crippen molar-refractivity contribution in [3.63, 3.8) is 0 Å². The summed E-state index contributed by atoms with van der Waals surface area (Å²) in [5.41, 5.74) is -2.02. The van der Waals surface area contributed by atoms with Crippen LogP contribution in [-0.2, 0) is 23.8 Å². The van der Waals surface area contributed by atoms with E-state index < -0.39 is 40.5 Å². The van der Waals surface area contributed by atoms with Gasteiger partial charge in [0.25, 0.3) is 0 Å². The first-order valence-corrected chi connectivity index (χ1v) is 5.69. The van der Waals surface area contributed by atoms with Gasteiger partial charge in [0.1, 0.15) is 12.0 Å². The van der Waals surface area contributed by atoms with Gasteiger partial charge in [-0.3, -0.25) is 19.7 Å². The normalized spacial score (nSPS) is 35.0. The van der Waals surface area contributed by atoms with E-state index in [2.05, 4.69) is 22.6 Å².